The Morgan fingerprint density at radius 2 is 0.781 bits per heavy atom. The van der Waals surface area contributed by atoms with Crippen LogP contribution in [0.1, 0.15) is 0 Å². The summed E-state index contributed by atoms with van der Waals surface area (Å²) in [6, 6.07) is 92.7. The van der Waals surface area contributed by atoms with Crippen molar-refractivity contribution < 1.29 is 0 Å². The second kappa shape index (κ2) is 15.8. The van der Waals surface area contributed by atoms with Crippen LogP contribution in [0.4, 0.5) is 17.1 Å². The monoisotopic (exact) mass is 814 g/mol. The number of hydrogen-bond acceptors (Lipinski definition) is 1. The van der Waals surface area contributed by atoms with Gasteiger partial charge in [0.05, 0.1) is 11.0 Å². The van der Waals surface area contributed by atoms with Gasteiger partial charge in [0.1, 0.15) is 0 Å². The Bertz CT molecular complexity index is 3640. The van der Waals surface area contributed by atoms with Crippen LogP contribution in [0.15, 0.2) is 255 Å². The van der Waals surface area contributed by atoms with Gasteiger partial charge >= 0.3 is 0 Å². The zero-order valence-electron chi connectivity index (χ0n) is 35.1. The van der Waals surface area contributed by atoms with Crippen LogP contribution in [0.25, 0.3) is 93.5 Å². The molecule has 0 amide bonds. The SMILES string of the molecule is c1ccc(-c2ccccc2-c2ccc(N(c3ccc(-c4cccc5ccccc45)cc3)c3cccc(-c4c5ccccc5cc5c4c4ccccc4n5-c4ccccc4)c3)cc2)cc1. The summed E-state index contributed by atoms with van der Waals surface area (Å²) in [4.78, 5) is 2.40. The molecule has 12 rings (SSSR count). The highest BCUT2D eigenvalue weighted by Gasteiger charge is 2.21. The summed E-state index contributed by atoms with van der Waals surface area (Å²) in [7, 11) is 0. The predicted octanol–water partition coefficient (Wildman–Crippen LogP) is 17.2. The van der Waals surface area contributed by atoms with Crippen molar-refractivity contribution in [3.63, 3.8) is 0 Å². The molecule has 0 unspecified atom stereocenters. The van der Waals surface area contributed by atoms with Crippen LogP contribution in [-0.2, 0) is 0 Å². The molecule has 2 heteroatoms. The summed E-state index contributed by atoms with van der Waals surface area (Å²) >= 11 is 0. The molecule has 0 saturated carbocycles. The van der Waals surface area contributed by atoms with Crippen molar-refractivity contribution in [3.8, 4) is 50.2 Å². The zero-order valence-corrected chi connectivity index (χ0v) is 35.1. The summed E-state index contributed by atoms with van der Waals surface area (Å²) in [5.74, 6) is 0. The van der Waals surface area contributed by atoms with Crippen LogP contribution in [0, 0.1) is 0 Å². The number of hydrogen-bond donors (Lipinski definition) is 0. The van der Waals surface area contributed by atoms with Crippen LogP contribution in [0.3, 0.4) is 0 Å². The molecule has 0 radical (unpaired) electrons. The first-order chi connectivity index (χ1) is 31.8. The average Bonchev–Trinajstić information content (AvgIpc) is 3.70. The van der Waals surface area contributed by atoms with Crippen LogP contribution in [0.2, 0.25) is 0 Å². The Hall–Kier alpha value is -8.46. The van der Waals surface area contributed by atoms with E-state index in [0.29, 0.717) is 0 Å². The van der Waals surface area contributed by atoms with Crippen molar-refractivity contribution in [1.82, 2.24) is 4.57 Å². The third-order valence-corrected chi connectivity index (χ3v) is 12.8. The fraction of sp³-hybridized carbons (Fsp3) is 0. The fourth-order valence-electron chi connectivity index (χ4n) is 9.86. The second-order valence-corrected chi connectivity index (χ2v) is 16.5. The van der Waals surface area contributed by atoms with Crippen molar-refractivity contribution in [2.24, 2.45) is 0 Å². The first-order valence-electron chi connectivity index (χ1n) is 22.0. The smallest absolute Gasteiger partial charge is 0.0553 e. The van der Waals surface area contributed by atoms with Gasteiger partial charge < -0.3 is 9.47 Å². The van der Waals surface area contributed by atoms with Gasteiger partial charge in [0.25, 0.3) is 0 Å². The van der Waals surface area contributed by atoms with E-state index in [9.17, 15) is 0 Å². The summed E-state index contributed by atoms with van der Waals surface area (Å²) in [5.41, 5.74) is 16.4. The van der Waals surface area contributed by atoms with Crippen LogP contribution >= 0.6 is 0 Å². The van der Waals surface area contributed by atoms with Gasteiger partial charge in [-0.25, -0.2) is 0 Å². The van der Waals surface area contributed by atoms with Gasteiger partial charge in [-0.05, 0) is 127 Å². The molecular formula is C62H42N2. The molecule has 12 aromatic rings. The van der Waals surface area contributed by atoms with Gasteiger partial charge in [-0.1, -0.05) is 194 Å². The van der Waals surface area contributed by atoms with E-state index >= 15 is 0 Å². The van der Waals surface area contributed by atoms with Gasteiger partial charge in [-0.15, -0.1) is 0 Å². The summed E-state index contributed by atoms with van der Waals surface area (Å²) in [6.45, 7) is 0. The summed E-state index contributed by atoms with van der Waals surface area (Å²) in [6.07, 6.45) is 0. The number of fused-ring (bicyclic) bond motifs is 5. The molecule has 0 N–H and O–H groups in total. The van der Waals surface area contributed by atoms with Crippen LogP contribution < -0.4 is 4.90 Å². The first kappa shape index (κ1) is 37.3. The molecule has 0 aliphatic carbocycles. The molecule has 0 saturated heterocycles. The van der Waals surface area contributed by atoms with Crippen molar-refractivity contribution in [3.05, 3.63) is 255 Å². The highest BCUT2D eigenvalue weighted by Crippen LogP contribution is 2.45. The van der Waals surface area contributed by atoms with Crippen molar-refractivity contribution >= 4 is 60.4 Å². The third-order valence-electron chi connectivity index (χ3n) is 12.8. The maximum absolute atomic E-state index is 2.42. The van der Waals surface area contributed by atoms with E-state index in [-0.39, 0.29) is 0 Å². The fourth-order valence-corrected chi connectivity index (χ4v) is 9.86. The van der Waals surface area contributed by atoms with Crippen molar-refractivity contribution in [1.29, 1.82) is 0 Å². The predicted molar refractivity (Wildman–Crippen MR) is 272 cm³/mol. The maximum Gasteiger partial charge on any atom is 0.0553 e. The molecule has 0 atom stereocenters. The van der Waals surface area contributed by atoms with E-state index in [2.05, 4.69) is 264 Å². The lowest BCUT2D eigenvalue weighted by atomic mass is 9.92. The Labute approximate surface area is 373 Å². The van der Waals surface area contributed by atoms with Gasteiger partial charge in [-0.2, -0.15) is 0 Å². The molecule has 1 heterocycles. The summed E-state index contributed by atoms with van der Waals surface area (Å²) < 4.78 is 2.42. The topological polar surface area (TPSA) is 8.17 Å². The normalized spacial score (nSPS) is 11.4. The van der Waals surface area contributed by atoms with E-state index in [1.165, 1.54) is 87.9 Å². The quantitative estimate of drug-likeness (QED) is 0.148. The molecule has 11 aromatic carbocycles. The third kappa shape index (κ3) is 6.44. The number of nitrogens with zero attached hydrogens (tertiary/aromatic N) is 2. The Kier molecular flexibility index (Phi) is 9.20. The van der Waals surface area contributed by atoms with Gasteiger partial charge in [-0.3, -0.25) is 0 Å². The van der Waals surface area contributed by atoms with E-state index < -0.39 is 0 Å². The molecule has 64 heavy (non-hydrogen) atoms. The molecule has 0 spiro atoms. The van der Waals surface area contributed by atoms with E-state index in [1.807, 2.05) is 0 Å². The first-order valence-corrected chi connectivity index (χ1v) is 22.0. The Balaban J connectivity index is 1.04. The van der Waals surface area contributed by atoms with E-state index in [1.54, 1.807) is 0 Å². The minimum atomic E-state index is 1.08. The number of para-hydroxylation sites is 2. The molecule has 1 aromatic heterocycles. The highest BCUT2D eigenvalue weighted by molar-refractivity contribution is 6.23. The van der Waals surface area contributed by atoms with Crippen molar-refractivity contribution in [2.45, 2.75) is 0 Å². The Morgan fingerprint density at radius 3 is 1.50 bits per heavy atom. The largest absolute Gasteiger partial charge is 0.310 e. The standard InChI is InChI=1S/C62H42N2/c1-3-17-43(18-4-1)53-27-11-12-28-55(53)45-33-37-50(38-34-45)63(51-39-35-46(36-40-51)56-31-16-21-44-19-7-9-26-54(44)56)52-25-15-22-48(41-52)61-57-29-10-8-20-47(57)42-60-62(61)58-30-13-14-32-59(58)64(60)49-23-5-2-6-24-49/h1-42H. The molecule has 0 aliphatic rings. The van der Waals surface area contributed by atoms with Gasteiger partial charge in [0.2, 0.25) is 0 Å². The highest BCUT2D eigenvalue weighted by atomic mass is 15.1. The Morgan fingerprint density at radius 1 is 0.281 bits per heavy atom. The average molecular weight is 815 g/mol. The minimum absolute atomic E-state index is 1.08. The number of aromatic nitrogens is 1. The minimum Gasteiger partial charge on any atom is -0.310 e. The molecular weight excluding hydrogens is 773 g/mol. The van der Waals surface area contributed by atoms with Gasteiger partial charge in [0, 0.05) is 33.5 Å². The van der Waals surface area contributed by atoms with E-state index in [4.69, 9.17) is 0 Å². The lowest BCUT2D eigenvalue weighted by molar-refractivity contribution is 1.18. The molecule has 2 nitrogen and oxygen atoms in total. The second-order valence-electron chi connectivity index (χ2n) is 16.5. The van der Waals surface area contributed by atoms with Crippen LogP contribution in [0.5, 0.6) is 0 Å². The molecule has 0 aliphatic heterocycles. The van der Waals surface area contributed by atoms with E-state index in [0.717, 1.165) is 22.7 Å². The molecule has 0 bridgehead atoms. The zero-order chi connectivity index (χ0) is 42.4. The maximum atomic E-state index is 2.42. The number of rotatable bonds is 8. The molecule has 300 valence electrons. The van der Waals surface area contributed by atoms with Gasteiger partial charge in [0.15, 0.2) is 0 Å². The summed E-state index contributed by atoms with van der Waals surface area (Å²) in [5, 5.41) is 7.43. The lowest BCUT2D eigenvalue weighted by Crippen LogP contribution is -2.10. The number of anilines is 3. The van der Waals surface area contributed by atoms with Crippen LogP contribution in [-0.4, -0.2) is 4.57 Å². The number of benzene rings is 11. The lowest BCUT2D eigenvalue weighted by Gasteiger charge is -2.27. The molecule has 0 fully saturated rings. The van der Waals surface area contributed by atoms with Crippen molar-refractivity contribution in [2.75, 3.05) is 4.90 Å².